The fourth-order valence-corrected chi connectivity index (χ4v) is 2.16. The zero-order valence-corrected chi connectivity index (χ0v) is 10.4. The van der Waals surface area contributed by atoms with E-state index < -0.39 is 0 Å². The van der Waals surface area contributed by atoms with Crippen LogP contribution in [-0.2, 0) is 0 Å². The highest BCUT2D eigenvalue weighted by molar-refractivity contribution is 4.71. The van der Waals surface area contributed by atoms with E-state index in [1.165, 1.54) is 39.1 Å². The fraction of sp³-hybridized carbons (Fsp3) is 1.00. The van der Waals surface area contributed by atoms with Gasteiger partial charge in [0.1, 0.15) is 0 Å². The maximum Gasteiger partial charge on any atom is 0.0431 e. The molecule has 0 atom stereocenters. The second-order valence-corrected chi connectivity index (χ2v) is 4.61. The summed E-state index contributed by atoms with van der Waals surface area (Å²) in [6, 6.07) is 0. The Balaban J connectivity index is 2.00. The summed E-state index contributed by atoms with van der Waals surface area (Å²) in [5.41, 5.74) is 5.49. The molecule has 16 heavy (non-hydrogen) atoms. The largest absolute Gasteiger partial charge is 0.396 e. The van der Waals surface area contributed by atoms with Gasteiger partial charge in [0.25, 0.3) is 0 Å². The SMILES string of the molecule is NCCCCN1CCN(CCCCO)CC1. The number of aliphatic hydroxyl groups excluding tert-OH is 1. The summed E-state index contributed by atoms with van der Waals surface area (Å²) < 4.78 is 0. The molecular formula is C12H27N3O. The van der Waals surface area contributed by atoms with Crippen molar-refractivity contribution in [3.63, 3.8) is 0 Å². The number of nitrogens with two attached hydrogens (primary N) is 1. The van der Waals surface area contributed by atoms with Crippen LogP contribution in [0.15, 0.2) is 0 Å². The summed E-state index contributed by atoms with van der Waals surface area (Å²) in [6.07, 6.45) is 4.46. The van der Waals surface area contributed by atoms with Crippen LogP contribution < -0.4 is 5.73 Å². The third kappa shape index (κ3) is 5.80. The van der Waals surface area contributed by atoms with Gasteiger partial charge < -0.3 is 20.6 Å². The molecular weight excluding hydrogens is 202 g/mol. The van der Waals surface area contributed by atoms with Crippen molar-refractivity contribution in [1.82, 2.24) is 9.80 Å². The van der Waals surface area contributed by atoms with Crippen LogP contribution in [0.2, 0.25) is 0 Å². The lowest BCUT2D eigenvalue weighted by molar-refractivity contribution is 0.127. The van der Waals surface area contributed by atoms with Gasteiger partial charge in [-0.1, -0.05) is 0 Å². The molecule has 96 valence electrons. The van der Waals surface area contributed by atoms with Gasteiger partial charge >= 0.3 is 0 Å². The van der Waals surface area contributed by atoms with Crippen molar-refractivity contribution in [2.75, 3.05) is 52.4 Å². The quantitative estimate of drug-likeness (QED) is 0.580. The molecule has 4 nitrogen and oxygen atoms in total. The van der Waals surface area contributed by atoms with E-state index >= 15 is 0 Å². The summed E-state index contributed by atoms with van der Waals surface area (Å²) >= 11 is 0. The summed E-state index contributed by atoms with van der Waals surface area (Å²) in [5, 5.41) is 8.72. The van der Waals surface area contributed by atoms with Crippen molar-refractivity contribution < 1.29 is 5.11 Å². The van der Waals surface area contributed by atoms with E-state index in [0.29, 0.717) is 6.61 Å². The fourth-order valence-electron chi connectivity index (χ4n) is 2.16. The van der Waals surface area contributed by atoms with E-state index in [-0.39, 0.29) is 0 Å². The standard InChI is InChI=1S/C12H27N3O/c13-5-1-2-6-14-8-10-15(11-9-14)7-3-4-12-16/h16H,1-13H2. The first-order valence-corrected chi connectivity index (χ1v) is 6.62. The Labute approximate surface area is 99.4 Å². The van der Waals surface area contributed by atoms with Gasteiger partial charge in [0.2, 0.25) is 0 Å². The van der Waals surface area contributed by atoms with Crippen molar-refractivity contribution >= 4 is 0 Å². The summed E-state index contributed by atoms with van der Waals surface area (Å²) in [6.45, 7) is 8.29. The monoisotopic (exact) mass is 229 g/mol. The molecule has 4 heteroatoms. The average Bonchev–Trinajstić information content (AvgIpc) is 2.32. The molecule has 1 aliphatic rings. The lowest BCUT2D eigenvalue weighted by atomic mass is 10.2. The molecule has 0 aromatic carbocycles. The number of rotatable bonds is 8. The molecule has 0 aromatic heterocycles. The normalized spacial score (nSPS) is 19.1. The third-order valence-electron chi connectivity index (χ3n) is 3.28. The van der Waals surface area contributed by atoms with E-state index in [0.717, 1.165) is 32.4 Å². The smallest absolute Gasteiger partial charge is 0.0431 e. The lowest BCUT2D eigenvalue weighted by Gasteiger charge is -2.34. The van der Waals surface area contributed by atoms with Crippen LogP contribution in [-0.4, -0.2) is 67.3 Å². The van der Waals surface area contributed by atoms with Crippen molar-refractivity contribution in [3.8, 4) is 0 Å². The van der Waals surface area contributed by atoms with Crippen LogP contribution in [0.1, 0.15) is 25.7 Å². The Hall–Kier alpha value is -0.160. The number of nitrogens with zero attached hydrogens (tertiary/aromatic N) is 2. The number of piperazine rings is 1. The number of unbranched alkanes of at least 4 members (excludes halogenated alkanes) is 2. The summed E-state index contributed by atoms with van der Waals surface area (Å²) in [4.78, 5) is 5.05. The molecule has 0 saturated carbocycles. The van der Waals surface area contributed by atoms with Crippen molar-refractivity contribution in [2.24, 2.45) is 5.73 Å². The lowest BCUT2D eigenvalue weighted by Crippen LogP contribution is -2.46. The predicted octanol–water partition coefficient (Wildman–Crippen LogP) is 0.115. The average molecular weight is 229 g/mol. The Bertz CT molecular complexity index is 140. The van der Waals surface area contributed by atoms with Crippen LogP contribution >= 0.6 is 0 Å². The second kappa shape index (κ2) is 8.93. The molecule has 0 aliphatic carbocycles. The van der Waals surface area contributed by atoms with E-state index in [4.69, 9.17) is 10.8 Å². The number of hydrogen-bond donors (Lipinski definition) is 2. The Morgan fingerprint density at radius 1 is 0.812 bits per heavy atom. The minimum absolute atomic E-state index is 0.332. The first-order valence-electron chi connectivity index (χ1n) is 6.62. The maximum absolute atomic E-state index is 8.72. The van der Waals surface area contributed by atoms with Gasteiger partial charge in [-0.25, -0.2) is 0 Å². The van der Waals surface area contributed by atoms with E-state index in [1.54, 1.807) is 0 Å². The molecule has 1 heterocycles. The van der Waals surface area contributed by atoms with Crippen LogP contribution in [0, 0.1) is 0 Å². The molecule has 0 aromatic rings. The Morgan fingerprint density at radius 2 is 1.31 bits per heavy atom. The highest BCUT2D eigenvalue weighted by Gasteiger charge is 2.15. The van der Waals surface area contributed by atoms with E-state index in [1.807, 2.05) is 0 Å². The molecule has 0 spiro atoms. The van der Waals surface area contributed by atoms with Crippen LogP contribution in [0.4, 0.5) is 0 Å². The van der Waals surface area contributed by atoms with E-state index in [2.05, 4.69) is 9.80 Å². The molecule has 3 N–H and O–H groups in total. The molecule has 1 aliphatic heterocycles. The third-order valence-corrected chi connectivity index (χ3v) is 3.28. The number of aliphatic hydroxyl groups is 1. The van der Waals surface area contributed by atoms with Crippen molar-refractivity contribution in [2.45, 2.75) is 25.7 Å². The molecule has 0 amide bonds. The van der Waals surface area contributed by atoms with Gasteiger partial charge in [-0.15, -0.1) is 0 Å². The second-order valence-electron chi connectivity index (χ2n) is 4.61. The summed E-state index contributed by atoms with van der Waals surface area (Å²) in [5.74, 6) is 0. The zero-order valence-electron chi connectivity index (χ0n) is 10.4. The molecule has 0 radical (unpaired) electrons. The van der Waals surface area contributed by atoms with Crippen molar-refractivity contribution in [1.29, 1.82) is 0 Å². The van der Waals surface area contributed by atoms with Gasteiger partial charge in [0.15, 0.2) is 0 Å². The number of hydrogen-bond acceptors (Lipinski definition) is 4. The van der Waals surface area contributed by atoms with Crippen LogP contribution in [0.5, 0.6) is 0 Å². The molecule has 0 bridgehead atoms. The topological polar surface area (TPSA) is 52.7 Å². The van der Waals surface area contributed by atoms with Gasteiger partial charge in [-0.3, -0.25) is 0 Å². The predicted molar refractivity (Wildman–Crippen MR) is 67.5 cm³/mol. The first kappa shape index (κ1) is 13.9. The van der Waals surface area contributed by atoms with Crippen molar-refractivity contribution in [3.05, 3.63) is 0 Å². The minimum Gasteiger partial charge on any atom is -0.396 e. The molecule has 0 unspecified atom stereocenters. The van der Waals surface area contributed by atoms with Gasteiger partial charge in [0.05, 0.1) is 0 Å². The highest BCUT2D eigenvalue weighted by atomic mass is 16.2. The van der Waals surface area contributed by atoms with E-state index in [9.17, 15) is 0 Å². The first-order chi connectivity index (χ1) is 7.86. The van der Waals surface area contributed by atoms with Gasteiger partial charge in [-0.2, -0.15) is 0 Å². The molecule has 1 fully saturated rings. The maximum atomic E-state index is 8.72. The summed E-state index contributed by atoms with van der Waals surface area (Å²) in [7, 11) is 0. The van der Waals surface area contributed by atoms with Crippen LogP contribution in [0.3, 0.4) is 0 Å². The van der Waals surface area contributed by atoms with Gasteiger partial charge in [-0.05, 0) is 45.3 Å². The highest BCUT2D eigenvalue weighted by Crippen LogP contribution is 2.04. The van der Waals surface area contributed by atoms with Crippen LogP contribution in [0.25, 0.3) is 0 Å². The Morgan fingerprint density at radius 3 is 1.75 bits per heavy atom. The molecule has 1 rings (SSSR count). The minimum atomic E-state index is 0.332. The molecule has 1 saturated heterocycles. The Kier molecular flexibility index (Phi) is 7.76. The zero-order chi connectivity index (χ0) is 11.6. The van der Waals surface area contributed by atoms with Gasteiger partial charge in [0, 0.05) is 32.8 Å².